The number of rotatable bonds is 6. The standard InChI is InChI=1S/C16H18FN3O/c1-2-19-15-11-18-9-8-13(15)16(21)20-10-7-12-5-3-4-6-14(12)17/h3-6,8-9,11,19H,2,7,10H2,1H3,(H,20,21). The van der Waals surface area contributed by atoms with Gasteiger partial charge in [0.05, 0.1) is 17.4 Å². The zero-order valence-electron chi connectivity index (χ0n) is 11.9. The van der Waals surface area contributed by atoms with Crippen LogP contribution in [0.5, 0.6) is 0 Å². The number of nitrogens with zero attached hydrogens (tertiary/aromatic N) is 1. The lowest BCUT2D eigenvalue weighted by atomic mass is 10.1. The predicted octanol–water partition coefficient (Wildman–Crippen LogP) is 2.63. The first kappa shape index (κ1) is 15.0. The minimum absolute atomic E-state index is 0.190. The minimum atomic E-state index is -0.246. The Morgan fingerprint density at radius 3 is 2.86 bits per heavy atom. The summed E-state index contributed by atoms with van der Waals surface area (Å²) in [4.78, 5) is 16.1. The van der Waals surface area contributed by atoms with Gasteiger partial charge in [-0.05, 0) is 31.0 Å². The van der Waals surface area contributed by atoms with Gasteiger partial charge in [0, 0.05) is 19.3 Å². The minimum Gasteiger partial charge on any atom is -0.383 e. The fraction of sp³-hybridized carbons (Fsp3) is 0.250. The normalized spacial score (nSPS) is 10.2. The first-order chi connectivity index (χ1) is 10.2. The number of aromatic nitrogens is 1. The summed E-state index contributed by atoms with van der Waals surface area (Å²) in [5, 5.41) is 5.89. The summed E-state index contributed by atoms with van der Waals surface area (Å²) in [6, 6.07) is 8.24. The molecule has 1 heterocycles. The van der Waals surface area contributed by atoms with Crippen LogP contribution in [-0.2, 0) is 6.42 Å². The Morgan fingerprint density at radius 1 is 1.29 bits per heavy atom. The maximum absolute atomic E-state index is 13.5. The number of amides is 1. The second kappa shape index (κ2) is 7.38. The number of nitrogens with one attached hydrogen (secondary N) is 2. The number of hydrogen-bond donors (Lipinski definition) is 2. The van der Waals surface area contributed by atoms with E-state index in [0.29, 0.717) is 36.3 Å². The molecule has 2 rings (SSSR count). The number of hydrogen-bond acceptors (Lipinski definition) is 3. The molecule has 0 fully saturated rings. The predicted molar refractivity (Wildman–Crippen MR) is 80.8 cm³/mol. The van der Waals surface area contributed by atoms with E-state index < -0.39 is 0 Å². The summed E-state index contributed by atoms with van der Waals surface area (Å²) in [6.07, 6.45) is 3.65. The SMILES string of the molecule is CCNc1cnccc1C(=O)NCCc1ccccc1F. The number of carbonyl (C=O) groups excluding carboxylic acids is 1. The average Bonchev–Trinajstić information content (AvgIpc) is 2.50. The molecule has 21 heavy (non-hydrogen) atoms. The smallest absolute Gasteiger partial charge is 0.253 e. The molecule has 2 aromatic rings. The van der Waals surface area contributed by atoms with Crippen LogP contribution in [0.2, 0.25) is 0 Å². The first-order valence-corrected chi connectivity index (χ1v) is 6.92. The molecule has 5 heteroatoms. The highest BCUT2D eigenvalue weighted by Crippen LogP contribution is 2.13. The molecule has 0 saturated heterocycles. The van der Waals surface area contributed by atoms with Crippen molar-refractivity contribution in [2.75, 3.05) is 18.4 Å². The summed E-state index contributed by atoms with van der Waals surface area (Å²) in [7, 11) is 0. The van der Waals surface area contributed by atoms with Crippen LogP contribution in [0.25, 0.3) is 0 Å². The first-order valence-electron chi connectivity index (χ1n) is 6.92. The molecule has 4 nitrogen and oxygen atoms in total. The van der Waals surface area contributed by atoms with Crippen molar-refractivity contribution in [3.8, 4) is 0 Å². The summed E-state index contributed by atoms with van der Waals surface area (Å²) in [5.74, 6) is -0.436. The quantitative estimate of drug-likeness (QED) is 0.858. The third-order valence-corrected chi connectivity index (χ3v) is 3.07. The van der Waals surface area contributed by atoms with E-state index in [2.05, 4.69) is 15.6 Å². The number of pyridine rings is 1. The zero-order valence-corrected chi connectivity index (χ0v) is 11.9. The van der Waals surface area contributed by atoms with Gasteiger partial charge in [0.25, 0.3) is 5.91 Å². The van der Waals surface area contributed by atoms with Gasteiger partial charge < -0.3 is 10.6 Å². The van der Waals surface area contributed by atoms with Gasteiger partial charge in [-0.25, -0.2) is 4.39 Å². The number of carbonyl (C=O) groups is 1. The number of benzene rings is 1. The highest BCUT2D eigenvalue weighted by molar-refractivity contribution is 5.99. The van der Waals surface area contributed by atoms with Crippen molar-refractivity contribution in [1.29, 1.82) is 0 Å². The van der Waals surface area contributed by atoms with Gasteiger partial charge in [0.1, 0.15) is 5.82 Å². The molecule has 0 spiro atoms. The van der Waals surface area contributed by atoms with E-state index in [-0.39, 0.29) is 11.7 Å². The molecular weight excluding hydrogens is 269 g/mol. The van der Waals surface area contributed by atoms with Crippen LogP contribution in [0.4, 0.5) is 10.1 Å². The highest BCUT2D eigenvalue weighted by atomic mass is 19.1. The molecule has 1 amide bonds. The maximum Gasteiger partial charge on any atom is 0.253 e. The fourth-order valence-electron chi connectivity index (χ4n) is 2.03. The lowest BCUT2D eigenvalue weighted by Gasteiger charge is -2.10. The van der Waals surface area contributed by atoms with E-state index in [9.17, 15) is 9.18 Å². The molecule has 0 radical (unpaired) electrons. The van der Waals surface area contributed by atoms with Gasteiger partial charge in [-0.15, -0.1) is 0 Å². The average molecular weight is 287 g/mol. The largest absolute Gasteiger partial charge is 0.383 e. The topological polar surface area (TPSA) is 54.0 Å². The van der Waals surface area contributed by atoms with Gasteiger partial charge in [-0.1, -0.05) is 18.2 Å². The van der Waals surface area contributed by atoms with Crippen LogP contribution in [0.15, 0.2) is 42.7 Å². The molecule has 1 aromatic carbocycles. The maximum atomic E-state index is 13.5. The van der Waals surface area contributed by atoms with Crippen molar-refractivity contribution in [3.63, 3.8) is 0 Å². The molecule has 0 aliphatic heterocycles. The molecule has 0 saturated carbocycles. The van der Waals surface area contributed by atoms with E-state index in [4.69, 9.17) is 0 Å². The molecule has 0 unspecified atom stereocenters. The second-order valence-electron chi connectivity index (χ2n) is 4.55. The van der Waals surface area contributed by atoms with Crippen molar-refractivity contribution >= 4 is 11.6 Å². The van der Waals surface area contributed by atoms with Crippen LogP contribution in [0.1, 0.15) is 22.8 Å². The fourth-order valence-corrected chi connectivity index (χ4v) is 2.03. The van der Waals surface area contributed by atoms with E-state index in [0.717, 1.165) is 0 Å². The third-order valence-electron chi connectivity index (χ3n) is 3.07. The van der Waals surface area contributed by atoms with Gasteiger partial charge in [-0.3, -0.25) is 9.78 Å². The molecule has 0 atom stereocenters. The lowest BCUT2D eigenvalue weighted by molar-refractivity contribution is 0.0954. The van der Waals surface area contributed by atoms with Crippen LogP contribution in [0, 0.1) is 5.82 Å². The molecule has 2 N–H and O–H groups in total. The summed E-state index contributed by atoms with van der Waals surface area (Å²) >= 11 is 0. The Kier molecular flexibility index (Phi) is 5.26. The van der Waals surface area contributed by atoms with Crippen LogP contribution in [-0.4, -0.2) is 24.0 Å². The Hall–Kier alpha value is -2.43. The van der Waals surface area contributed by atoms with Crippen molar-refractivity contribution in [2.45, 2.75) is 13.3 Å². The lowest BCUT2D eigenvalue weighted by Crippen LogP contribution is -2.26. The summed E-state index contributed by atoms with van der Waals surface area (Å²) in [6.45, 7) is 3.04. The van der Waals surface area contributed by atoms with Crippen molar-refractivity contribution in [2.24, 2.45) is 0 Å². The van der Waals surface area contributed by atoms with E-state index in [1.807, 2.05) is 6.92 Å². The van der Waals surface area contributed by atoms with Crippen LogP contribution >= 0.6 is 0 Å². The Labute approximate surface area is 123 Å². The highest BCUT2D eigenvalue weighted by Gasteiger charge is 2.10. The van der Waals surface area contributed by atoms with E-state index >= 15 is 0 Å². The Bertz CT molecular complexity index is 616. The molecule has 0 aliphatic rings. The monoisotopic (exact) mass is 287 g/mol. The van der Waals surface area contributed by atoms with Crippen molar-refractivity contribution in [1.82, 2.24) is 10.3 Å². The van der Waals surface area contributed by atoms with Gasteiger partial charge in [-0.2, -0.15) is 0 Å². The summed E-state index contributed by atoms with van der Waals surface area (Å²) < 4.78 is 13.5. The molecular formula is C16H18FN3O. The third kappa shape index (κ3) is 4.02. The van der Waals surface area contributed by atoms with Gasteiger partial charge in [0.15, 0.2) is 0 Å². The van der Waals surface area contributed by atoms with Gasteiger partial charge >= 0.3 is 0 Å². The number of anilines is 1. The molecule has 110 valence electrons. The van der Waals surface area contributed by atoms with Crippen LogP contribution < -0.4 is 10.6 Å². The molecule has 0 bridgehead atoms. The van der Waals surface area contributed by atoms with E-state index in [1.54, 1.807) is 36.7 Å². The van der Waals surface area contributed by atoms with Crippen molar-refractivity contribution in [3.05, 3.63) is 59.7 Å². The van der Waals surface area contributed by atoms with E-state index in [1.165, 1.54) is 6.07 Å². The van der Waals surface area contributed by atoms with Gasteiger partial charge in [0.2, 0.25) is 0 Å². The zero-order chi connectivity index (χ0) is 15.1. The Morgan fingerprint density at radius 2 is 2.10 bits per heavy atom. The molecule has 1 aromatic heterocycles. The number of halogens is 1. The molecule has 0 aliphatic carbocycles. The Balaban J connectivity index is 1.95. The summed E-state index contributed by atoms with van der Waals surface area (Å²) in [5.41, 5.74) is 1.84. The van der Waals surface area contributed by atoms with Crippen molar-refractivity contribution < 1.29 is 9.18 Å². The van der Waals surface area contributed by atoms with Crippen LogP contribution in [0.3, 0.4) is 0 Å². The second-order valence-corrected chi connectivity index (χ2v) is 4.55.